The first-order valence-corrected chi connectivity index (χ1v) is 19.0. The van der Waals surface area contributed by atoms with Crippen molar-refractivity contribution in [2.45, 2.75) is 39.3 Å². The number of ether oxygens (including phenoxy) is 2. The van der Waals surface area contributed by atoms with E-state index in [1.165, 1.54) is 44.6 Å². The molecule has 2 aromatic rings. The van der Waals surface area contributed by atoms with Crippen molar-refractivity contribution >= 4 is 55.4 Å². The van der Waals surface area contributed by atoms with E-state index in [9.17, 15) is 29.8 Å². The summed E-state index contributed by atoms with van der Waals surface area (Å²) in [6.07, 6.45) is 5.12. The maximum Gasteiger partial charge on any atom is 0.338 e. The fourth-order valence-electron chi connectivity index (χ4n) is 2.20. The van der Waals surface area contributed by atoms with E-state index in [1.54, 1.807) is 0 Å². The zero-order valence-electron chi connectivity index (χ0n) is 23.1. The Morgan fingerprint density at radius 3 is 1.56 bits per heavy atom. The molecule has 0 radical (unpaired) electrons. The van der Waals surface area contributed by atoms with E-state index in [1.807, 2.05) is 0 Å². The maximum atomic E-state index is 11.5. The Hall–Kier alpha value is -3.79. The standard InChI is InChI=1S/C13H15NO4Si.C8H6BrNO4.C5H10Si/c1-18-13(15)11-7-10(5-6-19(2,3)4)8-12(9-11)14(16)17;1-14-8(11)5-2-6(9)4-7(3-5)10(12)13;1-5-6(2,3)4/h7-9H,1-4H3;2-4H,1H3;1H,2-4H3. The van der Waals surface area contributed by atoms with Crippen LogP contribution >= 0.6 is 15.9 Å². The molecule has 0 N–H and O–H groups in total. The predicted octanol–water partition coefficient (Wildman–Crippen LogP) is 6.25. The highest BCUT2D eigenvalue weighted by Gasteiger charge is 2.15. The van der Waals surface area contributed by atoms with Crippen LogP contribution in [0.25, 0.3) is 0 Å². The fraction of sp³-hybridized carbons (Fsp3) is 0.308. The molecule has 0 atom stereocenters. The zero-order chi connectivity index (χ0) is 30.6. The number of non-ortho nitro benzene ring substituents is 2. The number of nitro groups is 2. The second kappa shape index (κ2) is 15.6. The van der Waals surface area contributed by atoms with E-state index >= 15 is 0 Å². The minimum atomic E-state index is -1.58. The number of hydrogen-bond acceptors (Lipinski definition) is 8. The van der Waals surface area contributed by atoms with E-state index in [-0.39, 0.29) is 22.5 Å². The minimum absolute atomic E-state index is 0.136. The summed E-state index contributed by atoms with van der Waals surface area (Å²) in [6, 6.07) is 7.99. The van der Waals surface area contributed by atoms with Crippen LogP contribution in [0.2, 0.25) is 39.3 Å². The van der Waals surface area contributed by atoms with Gasteiger partial charge in [-0.1, -0.05) is 61.1 Å². The predicted molar refractivity (Wildman–Crippen MR) is 159 cm³/mol. The van der Waals surface area contributed by atoms with Crippen LogP contribution in [0.4, 0.5) is 11.4 Å². The molecule has 0 saturated carbocycles. The molecule has 2 aromatic carbocycles. The lowest BCUT2D eigenvalue weighted by atomic mass is 10.1. The largest absolute Gasteiger partial charge is 0.465 e. The van der Waals surface area contributed by atoms with Gasteiger partial charge in [-0.05, 0) is 12.1 Å². The number of nitro benzene ring substituents is 2. The smallest absolute Gasteiger partial charge is 0.338 e. The molecule has 0 heterocycles. The Labute approximate surface area is 238 Å². The minimum Gasteiger partial charge on any atom is -0.465 e. The van der Waals surface area contributed by atoms with E-state index in [4.69, 9.17) is 6.42 Å². The van der Waals surface area contributed by atoms with Crippen LogP contribution in [0.5, 0.6) is 0 Å². The van der Waals surface area contributed by atoms with E-state index in [2.05, 4.69) is 81.7 Å². The van der Waals surface area contributed by atoms with Crippen molar-refractivity contribution in [1.82, 2.24) is 0 Å². The molecule has 2 rings (SSSR count). The van der Waals surface area contributed by atoms with Gasteiger partial charge in [-0.25, -0.2) is 9.59 Å². The van der Waals surface area contributed by atoms with Gasteiger partial charge in [0.05, 0.1) is 35.2 Å². The first-order chi connectivity index (χ1) is 17.8. The second-order valence-corrected chi connectivity index (χ2v) is 20.3. The molecule has 0 aliphatic rings. The van der Waals surface area contributed by atoms with Gasteiger partial charge >= 0.3 is 11.9 Å². The highest BCUT2D eigenvalue weighted by Crippen LogP contribution is 2.21. The summed E-state index contributed by atoms with van der Waals surface area (Å²) in [5, 5.41) is 21.3. The first-order valence-electron chi connectivity index (χ1n) is 11.3. The number of hydrogen-bond donors (Lipinski definition) is 0. The van der Waals surface area contributed by atoms with Crippen molar-refractivity contribution in [3.05, 3.63) is 77.8 Å². The lowest BCUT2D eigenvalue weighted by Crippen LogP contribution is -2.16. The van der Waals surface area contributed by atoms with Gasteiger partial charge in [0.15, 0.2) is 0 Å². The monoisotopic (exact) mass is 634 g/mol. The van der Waals surface area contributed by atoms with Crippen molar-refractivity contribution in [3.63, 3.8) is 0 Å². The highest BCUT2D eigenvalue weighted by molar-refractivity contribution is 9.10. The Kier molecular flexibility index (Phi) is 14.1. The average Bonchev–Trinajstić information content (AvgIpc) is 2.85. The summed E-state index contributed by atoms with van der Waals surface area (Å²) in [7, 11) is -0.240. The third-order valence-electron chi connectivity index (χ3n) is 4.08. The molecular formula is C26H31BrN2O8Si2. The van der Waals surface area contributed by atoms with Gasteiger partial charge in [-0.15, -0.1) is 17.5 Å². The number of carbonyl (C=O) groups is 2. The van der Waals surface area contributed by atoms with Gasteiger partial charge in [-0.2, -0.15) is 0 Å². The molecule has 0 aromatic heterocycles. The van der Waals surface area contributed by atoms with E-state index in [0.29, 0.717) is 10.0 Å². The van der Waals surface area contributed by atoms with Crippen LogP contribution in [-0.4, -0.2) is 52.2 Å². The quantitative estimate of drug-likeness (QED) is 0.126. The van der Waals surface area contributed by atoms with Gasteiger partial charge in [-0.3, -0.25) is 20.2 Å². The number of nitrogens with zero attached hydrogens (tertiary/aromatic N) is 2. The Bertz CT molecular complexity index is 1330. The number of halogens is 1. The van der Waals surface area contributed by atoms with Crippen LogP contribution < -0.4 is 0 Å². The highest BCUT2D eigenvalue weighted by atomic mass is 79.9. The normalized spacial score (nSPS) is 10.1. The Balaban J connectivity index is 0.000000631. The number of methoxy groups -OCH3 is 2. The van der Waals surface area contributed by atoms with Gasteiger partial charge in [0.25, 0.3) is 11.4 Å². The van der Waals surface area contributed by atoms with Crippen LogP contribution in [0.1, 0.15) is 26.3 Å². The fourth-order valence-corrected chi connectivity index (χ4v) is 3.20. The van der Waals surface area contributed by atoms with Crippen LogP contribution in [-0.2, 0) is 9.47 Å². The van der Waals surface area contributed by atoms with Gasteiger partial charge < -0.3 is 9.47 Å². The molecule has 0 aliphatic heterocycles. The molecule has 208 valence electrons. The lowest BCUT2D eigenvalue weighted by Gasteiger charge is -2.04. The van der Waals surface area contributed by atoms with Crippen molar-refractivity contribution < 1.29 is 28.9 Å². The topological polar surface area (TPSA) is 139 Å². The third kappa shape index (κ3) is 14.7. The summed E-state index contributed by atoms with van der Waals surface area (Å²) >= 11 is 3.07. The average molecular weight is 636 g/mol. The van der Waals surface area contributed by atoms with Gasteiger partial charge in [0.1, 0.15) is 16.1 Å². The van der Waals surface area contributed by atoms with E-state index in [0.717, 1.165) is 6.07 Å². The third-order valence-corrected chi connectivity index (χ3v) is 6.28. The van der Waals surface area contributed by atoms with E-state index < -0.39 is 37.9 Å². The Morgan fingerprint density at radius 1 is 0.795 bits per heavy atom. The number of terminal acetylenes is 1. The number of esters is 2. The molecule has 0 saturated heterocycles. The Morgan fingerprint density at radius 2 is 1.21 bits per heavy atom. The van der Waals surface area contributed by atoms with Gasteiger partial charge in [0.2, 0.25) is 0 Å². The molecule has 0 amide bonds. The molecule has 39 heavy (non-hydrogen) atoms. The number of rotatable bonds is 4. The molecule has 0 fully saturated rings. The van der Waals surface area contributed by atoms with Crippen molar-refractivity contribution in [2.24, 2.45) is 0 Å². The number of benzene rings is 2. The molecule has 13 heteroatoms. The molecular weight excluding hydrogens is 604 g/mol. The first kappa shape index (κ1) is 35.2. The summed E-state index contributed by atoms with van der Waals surface area (Å²) in [5.74, 6) is 1.68. The van der Waals surface area contributed by atoms with Gasteiger partial charge in [0, 0.05) is 34.3 Å². The lowest BCUT2D eigenvalue weighted by molar-refractivity contribution is -0.385. The molecule has 0 bridgehead atoms. The van der Waals surface area contributed by atoms with Crippen LogP contribution in [0.15, 0.2) is 40.9 Å². The molecule has 0 unspecified atom stereocenters. The summed E-state index contributed by atoms with van der Waals surface area (Å²) < 4.78 is 9.48. The maximum absolute atomic E-state index is 11.5. The van der Waals surface area contributed by atoms with Crippen molar-refractivity contribution in [1.29, 1.82) is 0 Å². The second-order valence-electron chi connectivity index (χ2n) is 9.86. The van der Waals surface area contributed by atoms with Crippen molar-refractivity contribution in [2.75, 3.05) is 14.2 Å². The SMILES string of the molecule is C#C[Si](C)(C)C.COC(=O)c1cc(Br)cc([N+](=O)[O-])c1.COC(=O)c1cc(C#C[Si](C)(C)C)cc([N+](=O)[O-])c1. The number of carbonyl (C=O) groups excluding carboxylic acids is 2. The van der Waals surface area contributed by atoms with Crippen LogP contribution in [0, 0.1) is 43.7 Å². The van der Waals surface area contributed by atoms with Crippen molar-refractivity contribution in [3.8, 4) is 23.4 Å². The summed E-state index contributed by atoms with van der Waals surface area (Å²) in [4.78, 5) is 42.7. The molecule has 0 spiro atoms. The molecule has 10 nitrogen and oxygen atoms in total. The summed E-state index contributed by atoms with van der Waals surface area (Å²) in [6.45, 7) is 12.6. The van der Waals surface area contributed by atoms with Crippen LogP contribution in [0.3, 0.4) is 0 Å². The zero-order valence-corrected chi connectivity index (χ0v) is 26.7. The molecule has 0 aliphatic carbocycles. The summed E-state index contributed by atoms with van der Waals surface area (Å²) in [5.41, 5.74) is 6.27.